The third kappa shape index (κ3) is 3.00. The zero-order chi connectivity index (χ0) is 10.6. The molecule has 0 aromatic heterocycles. The zero-order valence-corrected chi connectivity index (χ0v) is 10.2. The fourth-order valence-corrected chi connectivity index (χ4v) is 1.60. The molecule has 14 heavy (non-hydrogen) atoms. The molecule has 1 rings (SSSR count). The molecule has 0 radical (unpaired) electrons. The van der Waals surface area contributed by atoms with Gasteiger partial charge in [-0.1, -0.05) is 22.9 Å². The van der Waals surface area contributed by atoms with Crippen LogP contribution < -0.4 is 10.5 Å². The summed E-state index contributed by atoms with van der Waals surface area (Å²) in [5.74, 6) is 0.894. The number of benzene rings is 1. The Morgan fingerprint density at radius 1 is 1.50 bits per heavy atom. The summed E-state index contributed by atoms with van der Waals surface area (Å²) in [5.41, 5.74) is 6.90. The predicted octanol–water partition coefficient (Wildman–Crippen LogP) is 3.26. The van der Waals surface area contributed by atoms with Crippen molar-refractivity contribution in [2.24, 2.45) is 5.73 Å². The highest BCUT2D eigenvalue weighted by Crippen LogP contribution is 2.27. The van der Waals surface area contributed by atoms with Gasteiger partial charge in [-0.05, 0) is 31.5 Å². The summed E-state index contributed by atoms with van der Waals surface area (Å²) in [6.45, 7) is 4.78. The fourth-order valence-electron chi connectivity index (χ4n) is 1.22. The highest BCUT2D eigenvalue weighted by Gasteiger charge is 2.08. The minimum absolute atomic E-state index is 0.000596. The normalized spacial score (nSPS) is 12.6. The van der Waals surface area contributed by atoms with E-state index >= 15 is 0 Å². The van der Waals surface area contributed by atoms with Crippen molar-refractivity contribution in [3.8, 4) is 5.75 Å². The number of halogens is 1. The van der Waals surface area contributed by atoms with Gasteiger partial charge in [0.05, 0.1) is 6.61 Å². The van der Waals surface area contributed by atoms with Crippen molar-refractivity contribution in [1.82, 2.24) is 0 Å². The molecule has 0 saturated heterocycles. The molecule has 1 atom stereocenters. The smallest absolute Gasteiger partial charge is 0.124 e. The van der Waals surface area contributed by atoms with Crippen LogP contribution in [0.2, 0.25) is 0 Å². The lowest BCUT2D eigenvalue weighted by atomic mass is 10.1. The Morgan fingerprint density at radius 2 is 2.21 bits per heavy atom. The lowest BCUT2D eigenvalue weighted by molar-refractivity contribution is 0.312. The summed E-state index contributed by atoms with van der Waals surface area (Å²) in [4.78, 5) is 0. The second-order valence-corrected chi connectivity index (χ2v) is 4.23. The molecule has 0 spiro atoms. The molecule has 0 aliphatic heterocycles. The molecule has 0 amide bonds. The number of hydrogen-bond acceptors (Lipinski definition) is 2. The van der Waals surface area contributed by atoms with Crippen LogP contribution in [0.25, 0.3) is 0 Å². The second kappa shape index (κ2) is 5.37. The number of ether oxygens (including phenoxy) is 1. The molecule has 0 bridgehead atoms. The monoisotopic (exact) mass is 257 g/mol. The summed E-state index contributed by atoms with van der Waals surface area (Å²) in [6, 6.07) is 5.93. The molecule has 0 saturated carbocycles. The van der Waals surface area contributed by atoms with Crippen LogP contribution in [0.4, 0.5) is 0 Å². The van der Waals surface area contributed by atoms with Crippen LogP contribution in [-0.4, -0.2) is 6.61 Å². The first-order chi connectivity index (χ1) is 6.65. The Bertz CT molecular complexity index is 299. The van der Waals surface area contributed by atoms with Gasteiger partial charge in [0.25, 0.3) is 0 Å². The third-order valence-electron chi connectivity index (χ3n) is 1.92. The molecule has 0 aliphatic rings. The Balaban J connectivity index is 2.90. The highest BCUT2D eigenvalue weighted by molar-refractivity contribution is 9.10. The summed E-state index contributed by atoms with van der Waals surface area (Å²) in [5, 5.41) is 0. The van der Waals surface area contributed by atoms with E-state index in [0.29, 0.717) is 0 Å². The molecule has 1 aromatic rings. The number of nitrogens with two attached hydrogens (primary N) is 1. The van der Waals surface area contributed by atoms with E-state index in [9.17, 15) is 0 Å². The van der Waals surface area contributed by atoms with Crippen molar-refractivity contribution >= 4 is 15.9 Å². The molecule has 0 heterocycles. The highest BCUT2D eigenvalue weighted by atomic mass is 79.9. The molecule has 2 nitrogen and oxygen atoms in total. The van der Waals surface area contributed by atoms with Gasteiger partial charge in [-0.3, -0.25) is 0 Å². The Labute approximate surface area is 93.6 Å². The van der Waals surface area contributed by atoms with Gasteiger partial charge in [-0.2, -0.15) is 0 Å². The van der Waals surface area contributed by atoms with Crippen LogP contribution in [0.1, 0.15) is 31.9 Å². The van der Waals surface area contributed by atoms with Gasteiger partial charge >= 0.3 is 0 Å². The Morgan fingerprint density at radius 3 is 2.79 bits per heavy atom. The van der Waals surface area contributed by atoms with Gasteiger partial charge in [0.15, 0.2) is 0 Å². The van der Waals surface area contributed by atoms with Gasteiger partial charge in [-0.25, -0.2) is 0 Å². The van der Waals surface area contributed by atoms with Crippen molar-refractivity contribution in [3.63, 3.8) is 0 Å². The van der Waals surface area contributed by atoms with Crippen LogP contribution in [0.15, 0.2) is 22.7 Å². The molecule has 3 heteroatoms. The van der Waals surface area contributed by atoms with E-state index < -0.39 is 0 Å². The van der Waals surface area contributed by atoms with E-state index in [4.69, 9.17) is 10.5 Å². The van der Waals surface area contributed by atoms with Crippen molar-refractivity contribution in [3.05, 3.63) is 28.2 Å². The Hall–Kier alpha value is -0.540. The van der Waals surface area contributed by atoms with Gasteiger partial charge < -0.3 is 10.5 Å². The molecule has 1 unspecified atom stereocenters. The van der Waals surface area contributed by atoms with Gasteiger partial charge in [0, 0.05) is 16.1 Å². The maximum atomic E-state index is 5.85. The van der Waals surface area contributed by atoms with Crippen molar-refractivity contribution in [1.29, 1.82) is 0 Å². The van der Waals surface area contributed by atoms with E-state index in [1.165, 1.54) is 0 Å². The molecular weight excluding hydrogens is 242 g/mol. The van der Waals surface area contributed by atoms with Gasteiger partial charge in [0.1, 0.15) is 5.75 Å². The van der Waals surface area contributed by atoms with Crippen molar-refractivity contribution in [2.45, 2.75) is 26.3 Å². The summed E-state index contributed by atoms with van der Waals surface area (Å²) < 4.78 is 6.64. The Kier molecular flexibility index (Phi) is 4.42. The van der Waals surface area contributed by atoms with E-state index in [0.717, 1.165) is 28.8 Å². The third-order valence-corrected chi connectivity index (χ3v) is 2.42. The van der Waals surface area contributed by atoms with Crippen LogP contribution in [-0.2, 0) is 0 Å². The second-order valence-electron chi connectivity index (χ2n) is 3.32. The van der Waals surface area contributed by atoms with Crippen LogP contribution in [0.3, 0.4) is 0 Å². The molecule has 0 fully saturated rings. The first kappa shape index (κ1) is 11.5. The zero-order valence-electron chi connectivity index (χ0n) is 8.59. The minimum Gasteiger partial charge on any atom is -0.493 e. The van der Waals surface area contributed by atoms with Gasteiger partial charge in [0.2, 0.25) is 0 Å². The van der Waals surface area contributed by atoms with E-state index in [2.05, 4.69) is 22.9 Å². The average Bonchev–Trinajstić information content (AvgIpc) is 2.15. The minimum atomic E-state index is -0.000596. The molecule has 78 valence electrons. The van der Waals surface area contributed by atoms with Crippen LogP contribution >= 0.6 is 15.9 Å². The topological polar surface area (TPSA) is 35.2 Å². The SMILES string of the molecule is CCCOc1ccc(Br)cc1C(C)N. The predicted molar refractivity (Wildman–Crippen MR) is 62.5 cm³/mol. The van der Waals surface area contributed by atoms with Crippen LogP contribution in [0.5, 0.6) is 5.75 Å². The van der Waals surface area contributed by atoms with Gasteiger partial charge in [-0.15, -0.1) is 0 Å². The molecule has 1 aromatic carbocycles. The maximum Gasteiger partial charge on any atom is 0.124 e. The first-order valence-electron chi connectivity index (χ1n) is 4.83. The standard InChI is InChI=1S/C11H16BrNO/c1-3-6-14-11-5-4-9(12)7-10(11)8(2)13/h4-5,7-8H,3,6,13H2,1-2H3. The largest absolute Gasteiger partial charge is 0.493 e. The average molecular weight is 258 g/mol. The molecular formula is C11H16BrNO. The lowest BCUT2D eigenvalue weighted by Crippen LogP contribution is -2.08. The fraction of sp³-hybridized carbons (Fsp3) is 0.455. The summed E-state index contributed by atoms with van der Waals surface area (Å²) in [6.07, 6.45) is 1.01. The van der Waals surface area contributed by atoms with E-state index in [-0.39, 0.29) is 6.04 Å². The molecule has 0 aliphatic carbocycles. The van der Waals surface area contributed by atoms with E-state index in [1.807, 2.05) is 25.1 Å². The maximum absolute atomic E-state index is 5.85. The van der Waals surface area contributed by atoms with Crippen molar-refractivity contribution in [2.75, 3.05) is 6.61 Å². The first-order valence-corrected chi connectivity index (χ1v) is 5.62. The summed E-state index contributed by atoms with van der Waals surface area (Å²) >= 11 is 3.42. The molecule has 2 N–H and O–H groups in total. The number of hydrogen-bond donors (Lipinski definition) is 1. The quantitative estimate of drug-likeness (QED) is 0.899. The van der Waals surface area contributed by atoms with Crippen LogP contribution in [0, 0.1) is 0 Å². The lowest BCUT2D eigenvalue weighted by Gasteiger charge is -2.13. The summed E-state index contributed by atoms with van der Waals surface area (Å²) in [7, 11) is 0. The van der Waals surface area contributed by atoms with E-state index in [1.54, 1.807) is 0 Å². The number of rotatable bonds is 4. The van der Waals surface area contributed by atoms with Crippen molar-refractivity contribution < 1.29 is 4.74 Å².